The van der Waals surface area contributed by atoms with Crippen LogP contribution >= 0.6 is 35.0 Å². The van der Waals surface area contributed by atoms with E-state index in [0.717, 1.165) is 16.7 Å². The Kier molecular flexibility index (Phi) is 6.15. The van der Waals surface area contributed by atoms with Crippen molar-refractivity contribution in [2.24, 2.45) is 0 Å². The number of halogens is 2. The molecule has 1 aromatic carbocycles. The molecule has 138 valence electrons. The normalized spacial score (nSPS) is 15.5. The summed E-state index contributed by atoms with van der Waals surface area (Å²) in [5.41, 5.74) is 0.820. The van der Waals surface area contributed by atoms with Crippen molar-refractivity contribution >= 4 is 58.1 Å². The number of nitrogens with one attached hydrogen (secondary N) is 1. The van der Waals surface area contributed by atoms with Crippen LogP contribution in [0.3, 0.4) is 0 Å². The Morgan fingerprint density at radius 3 is 2.74 bits per heavy atom. The quantitative estimate of drug-likeness (QED) is 0.741. The van der Waals surface area contributed by atoms with Crippen LogP contribution in [0.4, 0.5) is 4.79 Å². The van der Waals surface area contributed by atoms with Gasteiger partial charge in [-0.15, -0.1) is 0 Å². The van der Waals surface area contributed by atoms with Crippen LogP contribution in [-0.2, 0) is 4.79 Å². The highest BCUT2D eigenvalue weighted by Crippen LogP contribution is 2.34. The highest BCUT2D eigenvalue weighted by molar-refractivity contribution is 8.18. The van der Waals surface area contributed by atoms with Crippen molar-refractivity contribution in [3.8, 4) is 0 Å². The van der Waals surface area contributed by atoms with Crippen LogP contribution in [0.25, 0.3) is 6.08 Å². The van der Waals surface area contributed by atoms with E-state index in [1.165, 1.54) is 12.3 Å². The Balaban J connectivity index is 1.63. The van der Waals surface area contributed by atoms with E-state index in [0.29, 0.717) is 15.6 Å². The van der Waals surface area contributed by atoms with Gasteiger partial charge in [-0.3, -0.25) is 24.3 Å². The summed E-state index contributed by atoms with van der Waals surface area (Å²) in [4.78, 5) is 41.8. The number of benzene rings is 1. The highest BCUT2D eigenvalue weighted by atomic mass is 35.5. The number of rotatable bonds is 5. The summed E-state index contributed by atoms with van der Waals surface area (Å²) in [6.45, 7) is 0.183. The van der Waals surface area contributed by atoms with Crippen molar-refractivity contribution < 1.29 is 14.4 Å². The Hall–Kier alpha value is -2.35. The number of hydrogen-bond acceptors (Lipinski definition) is 5. The van der Waals surface area contributed by atoms with Gasteiger partial charge < -0.3 is 5.32 Å². The Bertz CT molecular complexity index is 935. The summed E-state index contributed by atoms with van der Waals surface area (Å²) in [6.07, 6.45) is 3.04. The third-order valence-corrected chi connectivity index (χ3v) is 5.40. The number of nitrogens with zero attached hydrogens (tertiary/aromatic N) is 2. The molecule has 1 fully saturated rings. The Morgan fingerprint density at radius 2 is 2.00 bits per heavy atom. The average molecular weight is 422 g/mol. The van der Waals surface area contributed by atoms with E-state index in [1.54, 1.807) is 36.4 Å². The maximum Gasteiger partial charge on any atom is 0.293 e. The van der Waals surface area contributed by atoms with E-state index in [4.69, 9.17) is 23.2 Å². The predicted molar refractivity (Wildman–Crippen MR) is 106 cm³/mol. The molecule has 2 heterocycles. The van der Waals surface area contributed by atoms with Crippen LogP contribution in [0.1, 0.15) is 16.1 Å². The maximum absolute atomic E-state index is 12.5. The molecule has 1 N–H and O–H groups in total. The molecule has 0 spiro atoms. The van der Waals surface area contributed by atoms with E-state index < -0.39 is 11.1 Å². The second-order valence-electron chi connectivity index (χ2n) is 5.45. The van der Waals surface area contributed by atoms with Crippen LogP contribution in [0, 0.1) is 0 Å². The number of pyridine rings is 1. The lowest BCUT2D eigenvalue weighted by molar-refractivity contribution is -0.122. The van der Waals surface area contributed by atoms with Gasteiger partial charge >= 0.3 is 0 Å². The van der Waals surface area contributed by atoms with Crippen LogP contribution in [0.2, 0.25) is 10.0 Å². The molecule has 1 saturated heterocycles. The van der Waals surface area contributed by atoms with Gasteiger partial charge in [0, 0.05) is 19.3 Å². The monoisotopic (exact) mass is 421 g/mol. The number of hydrogen-bond donors (Lipinski definition) is 1. The van der Waals surface area contributed by atoms with Gasteiger partial charge in [0.2, 0.25) is 0 Å². The Labute approximate surface area is 169 Å². The van der Waals surface area contributed by atoms with Gasteiger partial charge in [0.25, 0.3) is 17.1 Å². The first-order valence-electron chi connectivity index (χ1n) is 7.86. The molecule has 27 heavy (non-hydrogen) atoms. The van der Waals surface area contributed by atoms with Crippen molar-refractivity contribution in [2.75, 3.05) is 13.1 Å². The molecule has 6 nitrogen and oxygen atoms in total. The van der Waals surface area contributed by atoms with Crippen LogP contribution in [0.5, 0.6) is 0 Å². The summed E-state index contributed by atoms with van der Waals surface area (Å²) in [6, 6.07) is 10.0. The summed E-state index contributed by atoms with van der Waals surface area (Å²) in [5, 5.41) is 2.90. The van der Waals surface area contributed by atoms with Gasteiger partial charge in [-0.1, -0.05) is 41.4 Å². The van der Waals surface area contributed by atoms with E-state index in [9.17, 15) is 14.4 Å². The molecular formula is C18H13Cl2N3O3S. The second-order valence-corrected chi connectivity index (χ2v) is 7.23. The first-order chi connectivity index (χ1) is 13.0. The lowest BCUT2D eigenvalue weighted by atomic mass is 10.2. The smallest absolute Gasteiger partial charge is 0.293 e. The molecule has 0 bridgehead atoms. The number of aromatic nitrogens is 1. The lowest BCUT2D eigenvalue weighted by Gasteiger charge is -2.12. The first-order valence-corrected chi connectivity index (χ1v) is 9.43. The number of thioether (sulfide) groups is 1. The molecule has 0 unspecified atom stereocenters. The molecule has 3 rings (SSSR count). The SMILES string of the molecule is O=C(NCCN1C(=O)S/C(=C\c2cccc(Cl)c2Cl)C1=O)c1ccccn1. The summed E-state index contributed by atoms with van der Waals surface area (Å²) < 4.78 is 0. The number of carbonyl (C=O) groups is 3. The fourth-order valence-electron chi connectivity index (χ4n) is 2.33. The van der Waals surface area contributed by atoms with E-state index in [-0.39, 0.29) is 29.6 Å². The lowest BCUT2D eigenvalue weighted by Crippen LogP contribution is -2.37. The van der Waals surface area contributed by atoms with Gasteiger partial charge in [0.1, 0.15) is 5.69 Å². The fourth-order valence-corrected chi connectivity index (χ4v) is 3.55. The summed E-state index contributed by atoms with van der Waals surface area (Å²) in [7, 11) is 0. The average Bonchev–Trinajstić information content (AvgIpc) is 2.93. The maximum atomic E-state index is 12.5. The fraction of sp³-hybridized carbons (Fsp3) is 0.111. The first kappa shape index (κ1) is 19.4. The minimum atomic E-state index is -0.437. The number of amides is 3. The Morgan fingerprint density at radius 1 is 1.19 bits per heavy atom. The molecule has 0 aliphatic carbocycles. The van der Waals surface area contributed by atoms with Crippen molar-refractivity contribution in [3.05, 3.63) is 68.8 Å². The van der Waals surface area contributed by atoms with Crippen molar-refractivity contribution in [1.29, 1.82) is 0 Å². The molecule has 1 aromatic heterocycles. The molecule has 1 aliphatic rings. The predicted octanol–water partition coefficient (Wildman–Crippen LogP) is 3.85. The van der Waals surface area contributed by atoms with Crippen molar-refractivity contribution in [2.45, 2.75) is 0 Å². The van der Waals surface area contributed by atoms with Crippen molar-refractivity contribution in [3.63, 3.8) is 0 Å². The number of carbonyl (C=O) groups excluding carboxylic acids is 3. The summed E-state index contributed by atoms with van der Waals surface area (Å²) >= 11 is 12.9. The molecule has 0 radical (unpaired) electrons. The molecule has 1 aliphatic heterocycles. The van der Waals surface area contributed by atoms with E-state index >= 15 is 0 Å². The minimum Gasteiger partial charge on any atom is -0.349 e. The van der Waals surface area contributed by atoms with Crippen molar-refractivity contribution in [1.82, 2.24) is 15.2 Å². The zero-order valence-corrected chi connectivity index (χ0v) is 16.1. The molecule has 0 atom stereocenters. The standard InChI is InChI=1S/C18H13Cl2N3O3S/c19-12-5-3-4-11(15(12)20)10-14-17(25)23(18(26)27-14)9-8-22-16(24)13-6-1-2-7-21-13/h1-7,10H,8-9H2,(H,22,24)/b14-10-. The minimum absolute atomic E-state index is 0.0594. The zero-order valence-electron chi connectivity index (χ0n) is 13.8. The van der Waals surface area contributed by atoms with Crippen LogP contribution < -0.4 is 5.32 Å². The highest BCUT2D eigenvalue weighted by Gasteiger charge is 2.34. The second kappa shape index (κ2) is 8.56. The molecule has 2 aromatic rings. The molecule has 9 heteroatoms. The third-order valence-electron chi connectivity index (χ3n) is 3.66. The third kappa shape index (κ3) is 4.50. The van der Waals surface area contributed by atoms with Gasteiger partial charge in [-0.25, -0.2) is 0 Å². The van der Waals surface area contributed by atoms with Crippen LogP contribution in [-0.4, -0.2) is 40.0 Å². The van der Waals surface area contributed by atoms with Gasteiger partial charge in [-0.05, 0) is 41.6 Å². The topological polar surface area (TPSA) is 79.4 Å². The van der Waals surface area contributed by atoms with E-state index in [2.05, 4.69) is 10.3 Å². The van der Waals surface area contributed by atoms with Gasteiger partial charge in [0.05, 0.1) is 15.0 Å². The van der Waals surface area contributed by atoms with Crippen LogP contribution in [0.15, 0.2) is 47.5 Å². The largest absolute Gasteiger partial charge is 0.349 e. The van der Waals surface area contributed by atoms with E-state index in [1.807, 2.05) is 0 Å². The number of imide groups is 1. The summed E-state index contributed by atoms with van der Waals surface area (Å²) in [5.74, 6) is -0.808. The molecule has 3 amide bonds. The van der Waals surface area contributed by atoms with Gasteiger partial charge in [0.15, 0.2) is 0 Å². The van der Waals surface area contributed by atoms with Gasteiger partial charge in [-0.2, -0.15) is 0 Å². The molecular weight excluding hydrogens is 409 g/mol. The zero-order chi connectivity index (χ0) is 19.4. The molecule has 0 saturated carbocycles.